The number of para-hydroxylation sites is 1. The Kier molecular flexibility index (Phi) is 6.19. The predicted octanol–water partition coefficient (Wildman–Crippen LogP) is 5.65. The van der Waals surface area contributed by atoms with Gasteiger partial charge in [0.25, 0.3) is 5.91 Å². The summed E-state index contributed by atoms with van der Waals surface area (Å²) >= 11 is 0. The van der Waals surface area contributed by atoms with Gasteiger partial charge in [-0.15, -0.1) is 0 Å². The first-order chi connectivity index (χ1) is 16.3. The molecule has 1 amide bonds. The van der Waals surface area contributed by atoms with Gasteiger partial charge in [0, 0.05) is 34.3 Å². The number of hydrogen-bond donors (Lipinski definition) is 1. The molecule has 0 aliphatic heterocycles. The fraction of sp³-hybridized carbons (Fsp3) is 0.115. The highest BCUT2D eigenvalue weighted by molar-refractivity contribution is 6.02. The fourth-order valence-corrected chi connectivity index (χ4v) is 3.82. The van der Waals surface area contributed by atoms with E-state index in [-0.39, 0.29) is 5.56 Å². The Balaban J connectivity index is 1.62. The van der Waals surface area contributed by atoms with Crippen LogP contribution in [0.5, 0.6) is 0 Å². The first kappa shape index (κ1) is 22.8. The summed E-state index contributed by atoms with van der Waals surface area (Å²) in [4.78, 5) is 12.4. The van der Waals surface area contributed by atoms with Crippen molar-refractivity contribution < 1.29 is 18.0 Å². The van der Waals surface area contributed by atoms with Gasteiger partial charge >= 0.3 is 6.18 Å². The number of aromatic nitrogens is 1. The molecule has 3 aromatic carbocycles. The molecule has 1 aromatic heterocycles. The number of nitrogens with zero attached hydrogens (tertiary/aromatic N) is 3. The van der Waals surface area contributed by atoms with Crippen LogP contribution in [0, 0.1) is 18.3 Å². The smallest absolute Gasteiger partial charge is 0.340 e. The fourth-order valence-electron chi connectivity index (χ4n) is 3.82. The second-order valence-corrected chi connectivity index (χ2v) is 7.65. The summed E-state index contributed by atoms with van der Waals surface area (Å²) in [5.74, 6) is -0.744. The molecule has 0 fully saturated rings. The molecule has 1 heterocycles. The normalized spacial score (nSPS) is 11.6. The van der Waals surface area contributed by atoms with E-state index in [1.54, 1.807) is 6.07 Å². The lowest BCUT2D eigenvalue weighted by molar-refractivity contribution is -0.137. The van der Waals surface area contributed by atoms with Gasteiger partial charge in [0.05, 0.1) is 23.4 Å². The number of hydrazone groups is 1. The third-order valence-electron chi connectivity index (χ3n) is 5.56. The maximum absolute atomic E-state index is 12.9. The number of benzene rings is 3. The number of nitrogens with one attached hydrogen (secondary N) is 1. The SMILES string of the molecule is Cc1c(/C=N/NC(=O)c2cccc(C(F)(F)F)c2)c2ccccc2n1Cc1ccccc1C#N. The molecule has 0 bridgehead atoms. The third-order valence-corrected chi connectivity index (χ3v) is 5.56. The van der Waals surface area contributed by atoms with Crippen molar-refractivity contribution in [2.45, 2.75) is 19.6 Å². The summed E-state index contributed by atoms with van der Waals surface area (Å²) in [5, 5.41) is 14.3. The van der Waals surface area contributed by atoms with E-state index in [1.807, 2.05) is 49.4 Å². The van der Waals surface area contributed by atoms with E-state index in [0.717, 1.165) is 39.9 Å². The Morgan fingerprint density at radius 3 is 2.59 bits per heavy atom. The maximum Gasteiger partial charge on any atom is 0.416 e. The van der Waals surface area contributed by atoms with Crippen molar-refractivity contribution in [2.24, 2.45) is 5.10 Å². The van der Waals surface area contributed by atoms with Crippen molar-refractivity contribution in [3.8, 4) is 6.07 Å². The van der Waals surface area contributed by atoms with Crippen molar-refractivity contribution in [3.63, 3.8) is 0 Å². The van der Waals surface area contributed by atoms with Crippen LogP contribution in [-0.2, 0) is 12.7 Å². The standard InChI is InChI=1S/C26H19F3N4O/c1-17-23(15-31-32-25(34)18-9-6-10-21(13-18)26(27,28)29)22-11-4-5-12-24(22)33(17)16-20-8-3-2-7-19(20)14-30/h2-13,15H,16H2,1H3,(H,32,34)/b31-15+. The van der Waals surface area contributed by atoms with Crippen LogP contribution in [0.2, 0.25) is 0 Å². The van der Waals surface area contributed by atoms with Crippen LogP contribution < -0.4 is 5.43 Å². The molecule has 0 saturated heterocycles. The molecule has 0 atom stereocenters. The third kappa shape index (κ3) is 4.55. The topological polar surface area (TPSA) is 70.2 Å². The van der Waals surface area contributed by atoms with Gasteiger partial charge in [-0.3, -0.25) is 4.79 Å². The minimum atomic E-state index is -4.54. The highest BCUT2D eigenvalue weighted by Gasteiger charge is 2.30. The molecule has 0 spiro atoms. The molecule has 0 aliphatic carbocycles. The highest BCUT2D eigenvalue weighted by Crippen LogP contribution is 2.29. The van der Waals surface area contributed by atoms with E-state index < -0.39 is 17.6 Å². The van der Waals surface area contributed by atoms with Crippen LogP contribution >= 0.6 is 0 Å². The Bertz CT molecular complexity index is 1440. The van der Waals surface area contributed by atoms with E-state index in [1.165, 1.54) is 18.3 Å². The average molecular weight is 460 g/mol. The van der Waals surface area contributed by atoms with Crippen LogP contribution in [0.25, 0.3) is 10.9 Å². The number of fused-ring (bicyclic) bond motifs is 1. The molecule has 8 heteroatoms. The molecule has 0 radical (unpaired) electrons. The Morgan fingerprint density at radius 1 is 1.09 bits per heavy atom. The molecule has 170 valence electrons. The van der Waals surface area contributed by atoms with Gasteiger partial charge in [0.2, 0.25) is 0 Å². The van der Waals surface area contributed by atoms with Gasteiger partial charge in [0.1, 0.15) is 0 Å². The zero-order chi connectivity index (χ0) is 24.3. The van der Waals surface area contributed by atoms with Crippen LogP contribution in [-0.4, -0.2) is 16.7 Å². The van der Waals surface area contributed by atoms with Gasteiger partial charge in [0.15, 0.2) is 0 Å². The van der Waals surface area contributed by atoms with E-state index in [4.69, 9.17) is 0 Å². The van der Waals surface area contributed by atoms with Crippen molar-refractivity contribution in [3.05, 3.63) is 106 Å². The zero-order valence-corrected chi connectivity index (χ0v) is 18.1. The number of carbonyl (C=O) groups is 1. The van der Waals surface area contributed by atoms with Crippen LogP contribution in [0.4, 0.5) is 13.2 Å². The molecule has 0 aliphatic rings. The molecular weight excluding hydrogens is 441 g/mol. The summed E-state index contributed by atoms with van der Waals surface area (Å²) in [7, 11) is 0. The molecule has 5 nitrogen and oxygen atoms in total. The average Bonchev–Trinajstić information content (AvgIpc) is 3.10. The molecule has 4 rings (SSSR count). The van der Waals surface area contributed by atoms with Gasteiger partial charge in [-0.25, -0.2) is 5.43 Å². The molecular formula is C26H19F3N4O. The number of carbonyl (C=O) groups excluding carboxylic acids is 1. The molecule has 34 heavy (non-hydrogen) atoms. The highest BCUT2D eigenvalue weighted by atomic mass is 19.4. The first-order valence-electron chi connectivity index (χ1n) is 10.4. The Morgan fingerprint density at radius 2 is 1.82 bits per heavy atom. The predicted molar refractivity (Wildman–Crippen MR) is 123 cm³/mol. The summed E-state index contributed by atoms with van der Waals surface area (Å²) in [6.07, 6.45) is -3.06. The van der Waals surface area contributed by atoms with Gasteiger partial charge in [-0.05, 0) is 42.8 Å². The number of amides is 1. The van der Waals surface area contributed by atoms with Gasteiger partial charge in [-0.2, -0.15) is 23.5 Å². The van der Waals surface area contributed by atoms with Crippen molar-refractivity contribution in [2.75, 3.05) is 0 Å². The van der Waals surface area contributed by atoms with E-state index in [9.17, 15) is 23.2 Å². The number of rotatable bonds is 5. The summed E-state index contributed by atoms with van der Waals surface area (Å²) in [6, 6.07) is 21.4. The zero-order valence-electron chi connectivity index (χ0n) is 18.1. The van der Waals surface area contributed by atoms with Gasteiger partial charge < -0.3 is 4.57 Å². The molecule has 4 aromatic rings. The van der Waals surface area contributed by atoms with Crippen LogP contribution in [0.3, 0.4) is 0 Å². The Labute approximate surface area is 193 Å². The first-order valence-corrected chi connectivity index (χ1v) is 10.4. The number of alkyl halides is 3. The Hall–Kier alpha value is -4.38. The number of halogens is 3. The second kappa shape index (κ2) is 9.24. The lowest BCUT2D eigenvalue weighted by Crippen LogP contribution is -2.18. The van der Waals surface area contributed by atoms with E-state index in [0.29, 0.717) is 12.1 Å². The lowest BCUT2D eigenvalue weighted by Gasteiger charge is -2.10. The second-order valence-electron chi connectivity index (χ2n) is 7.65. The quantitative estimate of drug-likeness (QED) is 0.309. The molecule has 0 saturated carbocycles. The van der Waals surface area contributed by atoms with Crippen molar-refractivity contribution >= 4 is 23.0 Å². The maximum atomic E-state index is 12.9. The van der Waals surface area contributed by atoms with Gasteiger partial charge in [-0.1, -0.05) is 42.5 Å². The lowest BCUT2D eigenvalue weighted by atomic mass is 10.1. The van der Waals surface area contributed by atoms with E-state index in [2.05, 4.69) is 21.2 Å². The van der Waals surface area contributed by atoms with Crippen LogP contribution in [0.15, 0.2) is 77.9 Å². The number of hydrogen-bond acceptors (Lipinski definition) is 3. The minimum Gasteiger partial charge on any atom is -0.340 e. The van der Waals surface area contributed by atoms with E-state index >= 15 is 0 Å². The monoisotopic (exact) mass is 460 g/mol. The molecule has 0 unspecified atom stereocenters. The summed E-state index contributed by atoms with van der Waals surface area (Å²) in [6.45, 7) is 2.38. The minimum absolute atomic E-state index is 0.140. The number of nitriles is 1. The molecule has 1 N–H and O–H groups in total. The van der Waals surface area contributed by atoms with Crippen molar-refractivity contribution in [1.29, 1.82) is 5.26 Å². The van der Waals surface area contributed by atoms with Crippen LogP contribution in [0.1, 0.15) is 38.3 Å². The summed E-state index contributed by atoms with van der Waals surface area (Å²) in [5.41, 5.74) is 5.28. The summed E-state index contributed by atoms with van der Waals surface area (Å²) < 4.78 is 40.8. The van der Waals surface area contributed by atoms with Crippen molar-refractivity contribution in [1.82, 2.24) is 9.99 Å². The largest absolute Gasteiger partial charge is 0.416 e.